The molecule has 1 spiro atoms. The van der Waals surface area contributed by atoms with Gasteiger partial charge in [-0.1, -0.05) is 0 Å². The first kappa shape index (κ1) is 13.8. The van der Waals surface area contributed by atoms with Crippen molar-refractivity contribution < 1.29 is 23.9 Å². The molecule has 0 aliphatic carbocycles. The summed E-state index contributed by atoms with van der Waals surface area (Å²) in [7, 11) is 1.61. The molecule has 1 amide bonds. The van der Waals surface area contributed by atoms with Gasteiger partial charge in [-0.15, -0.1) is 0 Å². The molecule has 2 heterocycles. The number of nitrogens with one attached hydrogen (secondary N) is 1. The minimum Gasteiger partial charge on any atom is -0.434 e. The molecule has 2 aliphatic heterocycles. The lowest BCUT2D eigenvalue weighted by Gasteiger charge is -2.38. The summed E-state index contributed by atoms with van der Waals surface area (Å²) in [5.74, 6) is 0.0943. The largest absolute Gasteiger partial charge is 0.513 e. The summed E-state index contributed by atoms with van der Waals surface area (Å²) in [6.07, 6.45) is 1.79. The molecule has 7 heteroatoms. The maximum Gasteiger partial charge on any atom is 0.513 e. The first-order valence-corrected chi connectivity index (χ1v) is 6.27. The van der Waals surface area contributed by atoms with Crippen molar-refractivity contribution in [2.24, 2.45) is 0 Å². The third-order valence-corrected chi connectivity index (χ3v) is 3.39. The van der Waals surface area contributed by atoms with Crippen LogP contribution in [-0.4, -0.2) is 49.5 Å². The summed E-state index contributed by atoms with van der Waals surface area (Å²) in [6.45, 7) is 3.24. The smallest absolute Gasteiger partial charge is 0.434 e. The molecule has 0 unspecified atom stereocenters. The zero-order valence-electron chi connectivity index (χ0n) is 11.1. The highest BCUT2D eigenvalue weighted by atomic mass is 16.7. The van der Waals surface area contributed by atoms with Crippen molar-refractivity contribution in [2.45, 2.75) is 25.3 Å². The molecule has 2 rings (SSSR count). The molecular formula is C12H18N2O5. The van der Waals surface area contributed by atoms with Crippen LogP contribution in [0.2, 0.25) is 0 Å². The predicted octanol–water partition coefficient (Wildman–Crippen LogP) is 0.569. The van der Waals surface area contributed by atoms with Crippen LogP contribution >= 0.6 is 0 Å². The lowest BCUT2D eigenvalue weighted by molar-refractivity contribution is -0.152. The third-order valence-electron chi connectivity index (χ3n) is 3.39. The Balaban J connectivity index is 2.06. The lowest BCUT2D eigenvalue weighted by atomic mass is 9.88. The van der Waals surface area contributed by atoms with Gasteiger partial charge in [-0.05, 0) is 19.8 Å². The Morgan fingerprint density at radius 2 is 2.16 bits per heavy atom. The molecule has 0 saturated carbocycles. The third kappa shape index (κ3) is 2.87. The fourth-order valence-electron chi connectivity index (χ4n) is 2.38. The van der Waals surface area contributed by atoms with E-state index in [4.69, 9.17) is 14.3 Å². The van der Waals surface area contributed by atoms with Crippen LogP contribution in [0, 0.1) is 0 Å². The highest BCUT2D eigenvalue weighted by Gasteiger charge is 2.45. The van der Waals surface area contributed by atoms with E-state index in [1.807, 2.05) is 0 Å². The highest BCUT2D eigenvalue weighted by Crippen LogP contribution is 2.34. The molecule has 1 N–H and O–H groups in total. The normalized spacial score (nSPS) is 22.0. The number of hydrogen-bond acceptors (Lipinski definition) is 6. The van der Waals surface area contributed by atoms with Crippen molar-refractivity contribution in [3.8, 4) is 0 Å². The summed E-state index contributed by atoms with van der Waals surface area (Å²) in [5, 5.41) is 4.67. The quantitative estimate of drug-likeness (QED) is 0.755. The van der Waals surface area contributed by atoms with Gasteiger partial charge >= 0.3 is 6.16 Å². The van der Waals surface area contributed by atoms with Gasteiger partial charge < -0.3 is 19.6 Å². The maximum absolute atomic E-state index is 11.6. The average molecular weight is 270 g/mol. The number of carbonyl (C=O) groups excluding carboxylic acids is 2. The monoisotopic (exact) mass is 270 g/mol. The van der Waals surface area contributed by atoms with Crippen LogP contribution in [-0.2, 0) is 19.1 Å². The Bertz CT molecular complexity index is 399. The van der Waals surface area contributed by atoms with E-state index in [2.05, 4.69) is 5.32 Å². The van der Waals surface area contributed by atoms with E-state index >= 15 is 0 Å². The Morgan fingerprint density at radius 1 is 1.47 bits per heavy atom. The minimum atomic E-state index is -0.779. The molecule has 0 aromatic rings. The number of rotatable bonds is 3. The summed E-state index contributed by atoms with van der Waals surface area (Å²) in [4.78, 5) is 28.1. The molecule has 106 valence electrons. The van der Waals surface area contributed by atoms with Crippen molar-refractivity contribution in [3.05, 3.63) is 11.8 Å². The standard InChI is InChI=1S/C12H18N2O5/c1-3-18-11(16)19-9-8-10(15)13-12(9)4-6-14(17-2)7-5-12/h8H,3-7H2,1-2H3,(H,13,15). The Kier molecular flexibility index (Phi) is 4.06. The Labute approximate surface area is 111 Å². The fourth-order valence-corrected chi connectivity index (χ4v) is 2.38. The van der Waals surface area contributed by atoms with Gasteiger partial charge in [0, 0.05) is 19.2 Å². The lowest BCUT2D eigenvalue weighted by Crippen LogP contribution is -2.53. The van der Waals surface area contributed by atoms with Crippen LogP contribution in [0.15, 0.2) is 11.8 Å². The van der Waals surface area contributed by atoms with E-state index in [0.29, 0.717) is 31.7 Å². The zero-order chi connectivity index (χ0) is 13.9. The summed E-state index contributed by atoms with van der Waals surface area (Å²) < 4.78 is 9.88. The number of carbonyl (C=O) groups is 2. The second kappa shape index (κ2) is 5.58. The first-order chi connectivity index (χ1) is 9.09. The number of hydrogen-bond donors (Lipinski definition) is 1. The molecule has 1 fully saturated rings. The molecule has 0 radical (unpaired) electrons. The van der Waals surface area contributed by atoms with Gasteiger partial charge in [0.2, 0.25) is 5.91 Å². The molecule has 0 atom stereocenters. The van der Waals surface area contributed by atoms with Crippen LogP contribution in [0.5, 0.6) is 0 Å². The van der Waals surface area contributed by atoms with Gasteiger partial charge in [-0.3, -0.25) is 4.79 Å². The molecule has 0 aromatic heterocycles. The van der Waals surface area contributed by atoms with Crippen LogP contribution in [0.25, 0.3) is 0 Å². The van der Waals surface area contributed by atoms with E-state index in [1.54, 1.807) is 19.1 Å². The van der Waals surface area contributed by atoms with Gasteiger partial charge in [-0.2, -0.15) is 5.06 Å². The average Bonchev–Trinajstić information content (AvgIpc) is 2.67. The Morgan fingerprint density at radius 3 is 2.74 bits per heavy atom. The van der Waals surface area contributed by atoms with Gasteiger partial charge in [0.25, 0.3) is 0 Å². The van der Waals surface area contributed by atoms with Gasteiger partial charge in [0.1, 0.15) is 11.3 Å². The minimum absolute atomic E-state index is 0.234. The van der Waals surface area contributed by atoms with Crippen molar-refractivity contribution in [1.29, 1.82) is 0 Å². The molecule has 7 nitrogen and oxygen atoms in total. The molecule has 2 aliphatic rings. The van der Waals surface area contributed by atoms with E-state index in [9.17, 15) is 9.59 Å². The predicted molar refractivity (Wildman–Crippen MR) is 64.9 cm³/mol. The second-order valence-electron chi connectivity index (χ2n) is 4.48. The van der Waals surface area contributed by atoms with Crippen LogP contribution < -0.4 is 5.32 Å². The molecule has 19 heavy (non-hydrogen) atoms. The number of ether oxygens (including phenoxy) is 2. The molecular weight excluding hydrogens is 252 g/mol. The molecule has 0 aromatic carbocycles. The van der Waals surface area contributed by atoms with Gasteiger partial charge in [0.05, 0.1) is 13.7 Å². The summed E-state index contributed by atoms with van der Waals surface area (Å²) in [6, 6.07) is 0. The van der Waals surface area contributed by atoms with Crippen LogP contribution in [0.3, 0.4) is 0 Å². The SMILES string of the molecule is CCOC(=O)OC1=CC(=O)NC12CCN(OC)CC2. The first-order valence-electron chi connectivity index (χ1n) is 6.27. The van der Waals surface area contributed by atoms with Gasteiger partial charge in [0.15, 0.2) is 0 Å². The maximum atomic E-state index is 11.6. The number of piperidine rings is 1. The fraction of sp³-hybridized carbons (Fsp3) is 0.667. The molecule has 1 saturated heterocycles. The van der Waals surface area contributed by atoms with Crippen LogP contribution in [0.1, 0.15) is 19.8 Å². The number of amides is 1. The summed E-state index contributed by atoms with van der Waals surface area (Å²) >= 11 is 0. The van der Waals surface area contributed by atoms with Crippen molar-refractivity contribution >= 4 is 12.1 Å². The number of nitrogens with zero attached hydrogens (tertiary/aromatic N) is 1. The van der Waals surface area contributed by atoms with Crippen molar-refractivity contribution in [3.63, 3.8) is 0 Å². The Hall–Kier alpha value is -1.60. The zero-order valence-corrected chi connectivity index (χ0v) is 11.1. The van der Waals surface area contributed by atoms with Crippen molar-refractivity contribution in [2.75, 3.05) is 26.8 Å². The second-order valence-corrected chi connectivity index (χ2v) is 4.48. The van der Waals surface area contributed by atoms with E-state index in [1.165, 1.54) is 6.08 Å². The van der Waals surface area contributed by atoms with Crippen molar-refractivity contribution in [1.82, 2.24) is 10.4 Å². The number of hydroxylamine groups is 2. The van der Waals surface area contributed by atoms with E-state index < -0.39 is 11.7 Å². The van der Waals surface area contributed by atoms with E-state index in [-0.39, 0.29) is 12.5 Å². The van der Waals surface area contributed by atoms with Gasteiger partial charge in [-0.25, -0.2) is 4.79 Å². The van der Waals surface area contributed by atoms with Crippen LogP contribution in [0.4, 0.5) is 4.79 Å². The topological polar surface area (TPSA) is 77.1 Å². The summed E-state index contributed by atoms with van der Waals surface area (Å²) in [5.41, 5.74) is -0.612. The highest BCUT2D eigenvalue weighted by molar-refractivity contribution is 5.92. The van der Waals surface area contributed by atoms with E-state index in [0.717, 1.165) is 0 Å². The molecule has 0 bridgehead atoms.